The maximum absolute atomic E-state index is 5.38. The van der Waals surface area contributed by atoms with Gasteiger partial charge in [-0.25, -0.2) is 19.9 Å². The zero-order valence-electron chi connectivity index (χ0n) is 54.6. The summed E-state index contributed by atoms with van der Waals surface area (Å²) in [5.41, 5.74) is 21.9. The molecule has 474 valence electrons. The van der Waals surface area contributed by atoms with Crippen molar-refractivity contribution in [1.82, 2.24) is 38.2 Å². The van der Waals surface area contributed by atoms with E-state index in [0.29, 0.717) is 11.8 Å². The van der Waals surface area contributed by atoms with Crippen LogP contribution >= 0.6 is 22.7 Å². The zero-order chi connectivity index (χ0) is 66.7. The molecule has 0 aliphatic heterocycles. The Morgan fingerprint density at radius 2 is 0.676 bits per heavy atom. The highest BCUT2D eigenvalue weighted by atomic mass is 32.1. The molecule has 14 aromatic carbocycles. The van der Waals surface area contributed by atoms with E-state index in [1.165, 1.54) is 90.1 Å². The van der Waals surface area contributed by atoms with Crippen LogP contribution in [-0.2, 0) is 0 Å². The number of nitrogens with zero attached hydrogens (tertiary/aromatic N) is 8. The summed E-state index contributed by atoms with van der Waals surface area (Å²) < 4.78 is 14.4. The Bertz CT molecular complexity index is 7250. The summed E-state index contributed by atoms with van der Waals surface area (Å²) in [5.74, 6) is 1.32. The minimum absolute atomic E-state index is 0.625. The quantitative estimate of drug-likeness (QED) is 0.144. The topological polar surface area (TPSA) is 71.3 Å². The second kappa shape index (κ2) is 22.2. The summed E-state index contributed by atoms with van der Waals surface area (Å²) in [6.07, 6.45) is 3.80. The van der Waals surface area contributed by atoms with Crippen molar-refractivity contribution >= 4 is 150 Å². The molecule has 0 aliphatic carbocycles. The van der Waals surface area contributed by atoms with Crippen molar-refractivity contribution in [3.05, 3.63) is 328 Å². The van der Waals surface area contributed by atoms with Crippen molar-refractivity contribution in [3.63, 3.8) is 0 Å². The first kappa shape index (κ1) is 56.9. The van der Waals surface area contributed by atoms with Crippen LogP contribution in [0.2, 0.25) is 0 Å². The van der Waals surface area contributed by atoms with E-state index < -0.39 is 0 Å². The number of benzene rings is 14. The Balaban J connectivity index is 0.601. The predicted octanol–water partition coefficient (Wildman–Crippen LogP) is 24.7. The Kier molecular flexibility index (Phi) is 12.4. The largest absolute Gasteiger partial charge is 0.309 e. The van der Waals surface area contributed by atoms with Gasteiger partial charge in [-0.15, -0.1) is 22.7 Å². The number of hydrogen-bond acceptors (Lipinski definition) is 6. The van der Waals surface area contributed by atoms with Gasteiger partial charge >= 0.3 is 0 Å². The van der Waals surface area contributed by atoms with Crippen LogP contribution in [0.3, 0.4) is 0 Å². The van der Waals surface area contributed by atoms with Gasteiger partial charge < -0.3 is 13.7 Å². The summed E-state index contributed by atoms with van der Waals surface area (Å²) in [7, 11) is 0. The lowest BCUT2D eigenvalue weighted by molar-refractivity contribution is 0.992. The average Bonchev–Trinajstić information content (AvgIpc) is 1.58. The summed E-state index contributed by atoms with van der Waals surface area (Å²) >= 11 is 3.66. The fourth-order valence-corrected chi connectivity index (χ4v) is 19.0. The van der Waals surface area contributed by atoms with Gasteiger partial charge in [-0.2, -0.15) is 0 Å². The second-order valence-electron chi connectivity index (χ2n) is 26.4. The lowest BCUT2D eigenvalue weighted by Crippen LogP contribution is -2.02. The van der Waals surface area contributed by atoms with Gasteiger partial charge in [0.2, 0.25) is 5.95 Å². The molecule has 0 aliphatic rings. The molecule has 0 bridgehead atoms. The lowest BCUT2D eigenvalue weighted by atomic mass is 9.98. The van der Waals surface area contributed by atoms with Crippen molar-refractivity contribution < 1.29 is 0 Å². The Hall–Kier alpha value is -13.1. The van der Waals surface area contributed by atoms with Crippen LogP contribution in [0.5, 0.6) is 0 Å². The van der Waals surface area contributed by atoms with E-state index >= 15 is 0 Å². The Labute approximate surface area is 591 Å². The highest BCUT2D eigenvalue weighted by Crippen LogP contribution is 2.47. The van der Waals surface area contributed by atoms with Crippen molar-refractivity contribution in [2.45, 2.75) is 0 Å². The normalized spacial score (nSPS) is 12.1. The molecule has 0 amide bonds. The van der Waals surface area contributed by atoms with Gasteiger partial charge in [0.15, 0.2) is 5.82 Å². The molecule has 102 heavy (non-hydrogen) atoms. The van der Waals surface area contributed by atoms with Gasteiger partial charge in [-0.3, -0.25) is 4.57 Å². The minimum Gasteiger partial charge on any atom is -0.309 e. The highest BCUT2D eigenvalue weighted by Gasteiger charge is 2.23. The van der Waals surface area contributed by atoms with Crippen LogP contribution in [0.15, 0.2) is 328 Å². The molecule has 0 atom stereocenters. The van der Waals surface area contributed by atoms with E-state index in [-0.39, 0.29) is 0 Å². The zero-order valence-corrected chi connectivity index (χ0v) is 56.2. The van der Waals surface area contributed by atoms with E-state index in [1.807, 2.05) is 47.2 Å². The molecular formula is C92H54N8S2. The van der Waals surface area contributed by atoms with E-state index in [0.717, 1.165) is 105 Å². The second-order valence-corrected chi connectivity index (χ2v) is 28.5. The first-order valence-electron chi connectivity index (χ1n) is 34.4. The van der Waals surface area contributed by atoms with Crippen molar-refractivity contribution in [2.75, 3.05) is 0 Å². The SMILES string of the molecule is c1cc(-c2ccnc(-n3c4ccccc4c4cc(-n5c6ccccc6c6c(-c7ccc8c(c7)sc7c(-c9nccc(-c%10cccc(-n%11c%12ccccc%12c%12cc(-n%13c%14ccccc%14c%14ccccc%14%13)ccc%12%11)c%10)n9)cccc78)cccc65)ccc43)n2)cc(-c2cccc3c2sc2ccccc23)c1. The van der Waals surface area contributed by atoms with Crippen LogP contribution < -0.4 is 0 Å². The van der Waals surface area contributed by atoms with Crippen LogP contribution in [0, 0.1) is 0 Å². The third-order valence-electron chi connectivity index (χ3n) is 20.9. The minimum atomic E-state index is 0.625. The van der Waals surface area contributed by atoms with Gasteiger partial charge in [0.25, 0.3) is 0 Å². The third-order valence-corrected chi connectivity index (χ3v) is 23.4. The maximum Gasteiger partial charge on any atom is 0.235 e. The van der Waals surface area contributed by atoms with E-state index in [4.69, 9.17) is 19.9 Å². The molecule has 0 saturated heterocycles. The molecule has 10 heteroatoms. The molecule has 22 rings (SSSR count). The molecule has 8 heterocycles. The maximum atomic E-state index is 5.38. The molecule has 0 saturated carbocycles. The number of rotatable bonds is 9. The molecule has 8 aromatic heterocycles. The van der Waals surface area contributed by atoms with Gasteiger partial charge in [0, 0.05) is 130 Å². The first-order valence-corrected chi connectivity index (χ1v) is 36.0. The average molecular weight is 1340 g/mol. The van der Waals surface area contributed by atoms with Crippen LogP contribution in [0.25, 0.3) is 207 Å². The van der Waals surface area contributed by atoms with Gasteiger partial charge in [-0.1, -0.05) is 194 Å². The molecule has 0 N–H and O–H groups in total. The Morgan fingerprint density at radius 3 is 1.37 bits per heavy atom. The van der Waals surface area contributed by atoms with Crippen LogP contribution in [-0.4, -0.2) is 38.2 Å². The summed E-state index contributed by atoms with van der Waals surface area (Å²) in [4.78, 5) is 20.7. The fraction of sp³-hybridized carbons (Fsp3) is 0. The number of fused-ring (bicyclic) bond motifs is 18. The monoisotopic (exact) mass is 1330 g/mol. The van der Waals surface area contributed by atoms with Crippen LogP contribution in [0.4, 0.5) is 0 Å². The van der Waals surface area contributed by atoms with Gasteiger partial charge in [-0.05, 0) is 144 Å². The standard InChI is InChI=1S/C92H54N8S2/c1-7-33-78-64(22-1)65-23-2-8-34-79(65)98(78)60-41-44-83-74(53-60)66-24-3-9-35-80(66)97(83)59-21-14-20-58(51-59)76-46-48-93-91(95-76)73-32-16-31-71-69-43-40-56(52-87(69)102-90(71)73)62-28-17-38-85-88(62)72-27-5-11-37-82(72)99(85)61-42-45-84-75(54-61)67-25-4-10-36-81(67)100(84)92-94-49-47-77(96-92)57-19-13-18-55(50-57)63-29-15-30-70-68-26-6-12-39-86(68)101-89(63)70/h1-54H. The molecular weight excluding hydrogens is 1280 g/mol. The molecule has 0 unspecified atom stereocenters. The van der Waals surface area contributed by atoms with Crippen molar-refractivity contribution in [2.24, 2.45) is 0 Å². The molecule has 0 radical (unpaired) electrons. The number of aromatic nitrogens is 8. The number of para-hydroxylation sites is 5. The highest BCUT2D eigenvalue weighted by molar-refractivity contribution is 7.26. The third kappa shape index (κ3) is 8.54. The lowest BCUT2D eigenvalue weighted by Gasteiger charge is -2.12. The van der Waals surface area contributed by atoms with E-state index in [9.17, 15) is 0 Å². The van der Waals surface area contributed by atoms with Crippen molar-refractivity contribution in [3.8, 4) is 79.2 Å². The van der Waals surface area contributed by atoms with E-state index in [2.05, 4.69) is 322 Å². The summed E-state index contributed by atoms with van der Waals surface area (Å²) in [6.45, 7) is 0. The molecule has 8 nitrogen and oxygen atoms in total. The fourth-order valence-electron chi connectivity index (χ4n) is 16.5. The molecule has 0 spiro atoms. The van der Waals surface area contributed by atoms with E-state index in [1.54, 1.807) is 0 Å². The predicted molar refractivity (Wildman–Crippen MR) is 428 cm³/mol. The number of thiophene rings is 2. The van der Waals surface area contributed by atoms with Gasteiger partial charge in [0.05, 0.1) is 55.5 Å². The summed E-state index contributed by atoms with van der Waals surface area (Å²) in [5, 5.41) is 14.6. The first-order chi connectivity index (χ1) is 50.6. The summed E-state index contributed by atoms with van der Waals surface area (Å²) in [6, 6.07) is 115. The van der Waals surface area contributed by atoms with Crippen molar-refractivity contribution in [1.29, 1.82) is 0 Å². The molecule has 0 fully saturated rings. The number of hydrogen-bond donors (Lipinski definition) is 0. The smallest absolute Gasteiger partial charge is 0.235 e. The molecule has 22 aromatic rings. The Morgan fingerprint density at radius 1 is 0.235 bits per heavy atom. The van der Waals surface area contributed by atoms with Crippen LogP contribution in [0.1, 0.15) is 0 Å². The van der Waals surface area contributed by atoms with Gasteiger partial charge in [0.1, 0.15) is 0 Å².